The maximum atomic E-state index is 12.8. The molecule has 0 spiro atoms. The highest BCUT2D eigenvalue weighted by Crippen LogP contribution is 2.31. The minimum Gasteiger partial charge on any atom is -0.497 e. The van der Waals surface area contributed by atoms with Crippen LogP contribution in [0.1, 0.15) is 28.9 Å². The number of sulfonamides is 1. The van der Waals surface area contributed by atoms with Crippen molar-refractivity contribution in [2.45, 2.75) is 17.3 Å². The van der Waals surface area contributed by atoms with Crippen LogP contribution in [0.5, 0.6) is 11.5 Å². The number of aromatic nitrogens is 2. The molecule has 0 saturated heterocycles. The van der Waals surface area contributed by atoms with Gasteiger partial charge >= 0.3 is 0 Å². The lowest BCUT2D eigenvalue weighted by Gasteiger charge is -2.17. The molecule has 3 rings (SSSR count). The van der Waals surface area contributed by atoms with Crippen molar-refractivity contribution in [2.24, 2.45) is 0 Å². The molecule has 2 N–H and O–H groups in total. The predicted molar refractivity (Wildman–Crippen MR) is 123 cm³/mol. The van der Waals surface area contributed by atoms with Crippen molar-refractivity contribution in [1.29, 1.82) is 0 Å². The highest BCUT2D eigenvalue weighted by Gasteiger charge is 2.25. The molecule has 0 saturated carbocycles. The number of anilines is 1. The number of rotatable bonds is 8. The van der Waals surface area contributed by atoms with E-state index in [-0.39, 0.29) is 20.1 Å². The maximum absolute atomic E-state index is 12.8. The van der Waals surface area contributed by atoms with E-state index in [1.54, 1.807) is 25.1 Å². The smallest absolute Gasteiger partial charge is 0.270 e. The molecule has 32 heavy (non-hydrogen) atoms. The lowest BCUT2D eigenvalue weighted by Crippen LogP contribution is -2.27. The van der Waals surface area contributed by atoms with Crippen LogP contribution < -0.4 is 19.5 Å². The molecule has 0 aliphatic carbocycles. The molecule has 170 valence electrons. The van der Waals surface area contributed by atoms with E-state index in [0.717, 1.165) is 0 Å². The fourth-order valence-electron chi connectivity index (χ4n) is 2.73. The molecule has 0 aliphatic rings. The summed E-state index contributed by atoms with van der Waals surface area (Å²) in [4.78, 5) is 12.4. The van der Waals surface area contributed by atoms with E-state index in [1.165, 1.54) is 32.4 Å². The molecule has 0 bridgehead atoms. The fraction of sp³-hybridized carbons (Fsp3) is 0.211. The Morgan fingerprint density at radius 2 is 1.84 bits per heavy atom. The second-order valence-corrected chi connectivity index (χ2v) is 10.1. The zero-order valence-corrected chi connectivity index (χ0v) is 20.2. The third kappa shape index (κ3) is 5.48. The van der Waals surface area contributed by atoms with Crippen molar-refractivity contribution >= 4 is 55.6 Å². The Labute approximate surface area is 198 Å². The Hall–Kier alpha value is -2.44. The molecule has 2 aromatic carbocycles. The van der Waals surface area contributed by atoms with E-state index in [1.807, 2.05) is 0 Å². The molecule has 9 nitrogen and oxygen atoms in total. The quantitative estimate of drug-likeness (QED) is 0.431. The van der Waals surface area contributed by atoms with Crippen molar-refractivity contribution in [3.8, 4) is 11.5 Å². The summed E-state index contributed by atoms with van der Waals surface area (Å²) >= 11 is 12.6. The normalized spacial score (nSPS) is 12.3. The van der Waals surface area contributed by atoms with Crippen LogP contribution in [-0.2, 0) is 10.0 Å². The molecular formula is C19H18Cl2N4O5S2. The van der Waals surface area contributed by atoms with E-state index in [0.29, 0.717) is 33.4 Å². The second-order valence-electron chi connectivity index (χ2n) is 6.40. The lowest BCUT2D eigenvalue weighted by molar-refractivity contribution is 0.102. The van der Waals surface area contributed by atoms with Crippen LogP contribution in [0.25, 0.3) is 0 Å². The van der Waals surface area contributed by atoms with Crippen LogP contribution in [0, 0.1) is 0 Å². The van der Waals surface area contributed by atoms with Gasteiger partial charge in [0.15, 0.2) is 0 Å². The Balaban J connectivity index is 1.77. The first-order valence-electron chi connectivity index (χ1n) is 8.98. The van der Waals surface area contributed by atoms with Gasteiger partial charge in [0.25, 0.3) is 15.9 Å². The average molecular weight is 517 g/mol. The number of halogens is 2. The average Bonchev–Trinajstić information content (AvgIpc) is 3.22. The molecule has 13 heteroatoms. The Kier molecular flexibility index (Phi) is 7.57. The summed E-state index contributed by atoms with van der Waals surface area (Å²) in [6, 6.07) is 8.77. The van der Waals surface area contributed by atoms with Gasteiger partial charge in [-0.3, -0.25) is 10.1 Å². The molecule has 0 unspecified atom stereocenters. The van der Waals surface area contributed by atoms with E-state index in [2.05, 4.69) is 20.2 Å². The van der Waals surface area contributed by atoms with E-state index < -0.39 is 22.0 Å². The first kappa shape index (κ1) is 24.2. The highest BCUT2D eigenvalue weighted by molar-refractivity contribution is 7.91. The summed E-state index contributed by atoms with van der Waals surface area (Å²) in [6.07, 6.45) is 0. The lowest BCUT2D eigenvalue weighted by atomic mass is 10.1. The van der Waals surface area contributed by atoms with Crippen LogP contribution in [0.15, 0.2) is 40.7 Å². The first-order valence-corrected chi connectivity index (χ1v) is 12.0. The Bertz CT molecular complexity index is 1250. The van der Waals surface area contributed by atoms with Gasteiger partial charge in [-0.1, -0.05) is 34.5 Å². The highest BCUT2D eigenvalue weighted by atomic mass is 35.5. The summed E-state index contributed by atoms with van der Waals surface area (Å²) in [5.41, 5.74) is 0.735. The molecule has 0 aliphatic heterocycles. The standard InChI is InChI=1S/C19H18Cl2N4O5S2/c1-10(14-9-12(29-2)5-7-16(14)30-3)25-32(27,28)19-24-23-18(31-19)22-17(26)13-6-4-11(20)8-15(13)21/h4-10,25H,1-3H3,(H,22,23,26)/t10-/m1/s1. The topological polar surface area (TPSA) is 120 Å². The van der Waals surface area contributed by atoms with Crippen LogP contribution >= 0.6 is 34.5 Å². The van der Waals surface area contributed by atoms with Gasteiger partial charge in [0.2, 0.25) is 9.47 Å². The van der Waals surface area contributed by atoms with Gasteiger partial charge in [0.1, 0.15) is 11.5 Å². The zero-order chi connectivity index (χ0) is 23.5. The van der Waals surface area contributed by atoms with Crippen molar-refractivity contribution in [1.82, 2.24) is 14.9 Å². The third-order valence-corrected chi connectivity index (χ3v) is 7.56. The van der Waals surface area contributed by atoms with Gasteiger partial charge in [-0.2, -0.15) is 0 Å². The summed E-state index contributed by atoms with van der Waals surface area (Å²) in [7, 11) is -1.05. The van der Waals surface area contributed by atoms with Crippen molar-refractivity contribution in [2.75, 3.05) is 19.5 Å². The van der Waals surface area contributed by atoms with Gasteiger partial charge in [-0.15, -0.1) is 10.2 Å². The third-order valence-electron chi connectivity index (χ3n) is 4.27. The SMILES string of the molecule is COc1ccc(OC)c([C@@H](C)NS(=O)(=O)c2nnc(NC(=O)c3ccc(Cl)cc3Cl)s2)c1. The number of hydrogen-bond acceptors (Lipinski definition) is 8. The van der Waals surface area contributed by atoms with Gasteiger partial charge in [-0.05, 0) is 43.3 Å². The van der Waals surface area contributed by atoms with E-state index in [4.69, 9.17) is 32.7 Å². The van der Waals surface area contributed by atoms with E-state index >= 15 is 0 Å². The van der Waals surface area contributed by atoms with Crippen molar-refractivity contribution < 1.29 is 22.7 Å². The van der Waals surface area contributed by atoms with Gasteiger partial charge in [0.05, 0.1) is 24.8 Å². The molecule has 1 atom stereocenters. The van der Waals surface area contributed by atoms with Crippen molar-refractivity contribution in [3.05, 3.63) is 57.6 Å². The number of benzene rings is 2. The first-order chi connectivity index (χ1) is 15.1. The van der Waals surface area contributed by atoms with Crippen LogP contribution in [-0.4, -0.2) is 38.7 Å². The molecule has 0 radical (unpaired) electrons. The number of carbonyl (C=O) groups excluding carboxylic acids is 1. The van der Waals surface area contributed by atoms with E-state index in [9.17, 15) is 13.2 Å². The maximum Gasteiger partial charge on any atom is 0.270 e. The molecule has 1 amide bonds. The molecule has 3 aromatic rings. The molecular weight excluding hydrogens is 499 g/mol. The Morgan fingerprint density at radius 1 is 1.09 bits per heavy atom. The summed E-state index contributed by atoms with van der Waals surface area (Å²) in [5.74, 6) is 0.467. The number of methoxy groups -OCH3 is 2. The van der Waals surface area contributed by atoms with Crippen LogP contribution in [0.3, 0.4) is 0 Å². The monoisotopic (exact) mass is 516 g/mol. The molecule has 1 heterocycles. The van der Waals surface area contributed by atoms with Crippen LogP contribution in [0.4, 0.5) is 5.13 Å². The predicted octanol–water partition coefficient (Wildman–Crippen LogP) is 4.15. The minimum absolute atomic E-state index is 0.00648. The molecule has 0 fully saturated rings. The summed E-state index contributed by atoms with van der Waals surface area (Å²) in [6.45, 7) is 1.65. The Morgan fingerprint density at radius 3 is 2.50 bits per heavy atom. The number of nitrogens with one attached hydrogen (secondary N) is 2. The second kappa shape index (κ2) is 10.0. The summed E-state index contributed by atoms with van der Waals surface area (Å²) in [5, 5.41) is 10.4. The van der Waals surface area contributed by atoms with Gasteiger partial charge in [-0.25, -0.2) is 13.1 Å². The number of hydrogen-bond donors (Lipinski definition) is 2. The van der Waals surface area contributed by atoms with Gasteiger partial charge < -0.3 is 9.47 Å². The van der Waals surface area contributed by atoms with Crippen LogP contribution in [0.2, 0.25) is 10.0 Å². The fourth-order valence-corrected chi connectivity index (χ4v) is 5.36. The summed E-state index contributed by atoms with van der Waals surface area (Å²) < 4.78 is 38.3. The van der Waals surface area contributed by atoms with Gasteiger partial charge in [0, 0.05) is 16.6 Å². The number of carbonyl (C=O) groups is 1. The number of ether oxygens (including phenoxy) is 2. The molecule has 1 aromatic heterocycles. The van der Waals surface area contributed by atoms with Crippen molar-refractivity contribution in [3.63, 3.8) is 0 Å². The number of nitrogens with zero attached hydrogens (tertiary/aromatic N) is 2. The minimum atomic E-state index is -4.04. The zero-order valence-electron chi connectivity index (χ0n) is 17.0. The largest absolute Gasteiger partial charge is 0.497 e. The number of amides is 1.